The number of nitrogens with zero attached hydrogens (tertiary/aromatic N) is 3. The van der Waals surface area contributed by atoms with E-state index in [0.717, 1.165) is 0 Å². The fraction of sp³-hybridized carbons (Fsp3) is 0.667. The molecule has 0 aliphatic rings. The van der Waals surface area contributed by atoms with Crippen molar-refractivity contribution in [3.63, 3.8) is 0 Å². The minimum absolute atomic E-state index is 0.0220. The zero-order chi connectivity index (χ0) is 11.8. The van der Waals surface area contributed by atoms with Gasteiger partial charge in [0.1, 0.15) is 12.2 Å². The lowest BCUT2D eigenvalue weighted by molar-refractivity contribution is -0.121. The molecule has 1 amide bonds. The number of rotatable bonds is 7. The van der Waals surface area contributed by atoms with Crippen LogP contribution >= 0.6 is 11.6 Å². The summed E-state index contributed by atoms with van der Waals surface area (Å²) >= 11 is 5.65. The summed E-state index contributed by atoms with van der Waals surface area (Å²) < 4.78 is 6.59. The molecule has 1 aromatic heterocycles. The lowest BCUT2D eigenvalue weighted by atomic mass is 10.4. The highest BCUT2D eigenvalue weighted by Gasteiger charge is 2.05. The second-order valence-corrected chi connectivity index (χ2v) is 3.43. The van der Waals surface area contributed by atoms with Crippen LogP contribution in [-0.2, 0) is 22.0 Å². The maximum absolute atomic E-state index is 11.4. The maximum Gasteiger partial charge on any atom is 0.221 e. The number of ether oxygens (including phenoxy) is 1. The molecule has 0 aliphatic carbocycles. The maximum atomic E-state index is 11.4. The van der Waals surface area contributed by atoms with Gasteiger partial charge in [0.2, 0.25) is 5.91 Å². The van der Waals surface area contributed by atoms with Gasteiger partial charge in [0, 0.05) is 26.6 Å². The van der Waals surface area contributed by atoms with E-state index >= 15 is 0 Å². The average Bonchev–Trinajstić information content (AvgIpc) is 2.74. The van der Waals surface area contributed by atoms with Gasteiger partial charge in [-0.3, -0.25) is 4.79 Å². The second kappa shape index (κ2) is 7.19. The fourth-order valence-electron chi connectivity index (χ4n) is 1.17. The molecule has 16 heavy (non-hydrogen) atoms. The summed E-state index contributed by atoms with van der Waals surface area (Å²) in [6.45, 7) is 1.58. The SMILES string of the molecule is COCCNC(=O)CCn1cnnc1CCl. The van der Waals surface area contributed by atoms with E-state index in [4.69, 9.17) is 16.3 Å². The van der Waals surface area contributed by atoms with Crippen LogP contribution in [0.2, 0.25) is 0 Å². The summed E-state index contributed by atoms with van der Waals surface area (Å²) in [5, 5.41) is 10.3. The van der Waals surface area contributed by atoms with Gasteiger partial charge in [0.25, 0.3) is 0 Å². The van der Waals surface area contributed by atoms with Gasteiger partial charge >= 0.3 is 0 Å². The van der Waals surface area contributed by atoms with Crippen molar-refractivity contribution in [1.29, 1.82) is 0 Å². The van der Waals surface area contributed by atoms with Gasteiger partial charge in [-0.25, -0.2) is 0 Å². The summed E-state index contributed by atoms with van der Waals surface area (Å²) in [7, 11) is 1.59. The first-order valence-corrected chi connectivity index (χ1v) is 5.49. The largest absolute Gasteiger partial charge is 0.383 e. The number of aromatic nitrogens is 3. The van der Waals surface area contributed by atoms with Gasteiger partial charge in [0.15, 0.2) is 0 Å². The van der Waals surface area contributed by atoms with Crippen LogP contribution in [0.1, 0.15) is 12.2 Å². The number of nitrogens with one attached hydrogen (secondary N) is 1. The van der Waals surface area contributed by atoms with Gasteiger partial charge in [-0.05, 0) is 0 Å². The molecule has 0 radical (unpaired) electrons. The molecular weight excluding hydrogens is 232 g/mol. The molecule has 90 valence electrons. The van der Waals surface area contributed by atoms with Crippen LogP contribution in [0.25, 0.3) is 0 Å². The number of aryl methyl sites for hydroxylation is 1. The van der Waals surface area contributed by atoms with E-state index in [1.54, 1.807) is 18.0 Å². The van der Waals surface area contributed by atoms with Crippen LogP contribution in [0.5, 0.6) is 0 Å². The molecule has 0 unspecified atom stereocenters. The third kappa shape index (κ3) is 4.16. The molecule has 1 heterocycles. The molecule has 0 aromatic carbocycles. The fourth-order valence-corrected chi connectivity index (χ4v) is 1.38. The number of halogens is 1. The van der Waals surface area contributed by atoms with E-state index in [9.17, 15) is 4.79 Å². The minimum atomic E-state index is -0.0220. The van der Waals surface area contributed by atoms with Crippen molar-refractivity contribution in [2.45, 2.75) is 18.8 Å². The monoisotopic (exact) mass is 246 g/mol. The molecule has 1 rings (SSSR count). The van der Waals surface area contributed by atoms with Crippen molar-refractivity contribution in [2.24, 2.45) is 0 Å². The van der Waals surface area contributed by atoms with E-state index in [1.165, 1.54) is 0 Å². The number of alkyl halides is 1. The number of carbonyl (C=O) groups excluding carboxylic acids is 1. The number of hydrogen-bond acceptors (Lipinski definition) is 4. The Kier molecular flexibility index (Phi) is 5.81. The topological polar surface area (TPSA) is 69.0 Å². The van der Waals surface area contributed by atoms with Crippen molar-refractivity contribution < 1.29 is 9.53 Å². The molecule has 0 atom stereocenters. The van der Waals surface area contributed by atoms with Crippen LogP contribution in [0.4, 0.5) is 0 Å². The van der Waals surface area contributed by atoms with Crippen LogP contribution < -0.4 is 5.32 Å². The first kappa shape index (κ1) is 12.9. The van der Waals surface area contributed by atoms with Crippen molar-refractivity contribution >= 4 is 17.5 Å². The van der Waals surface area contributed by atoms with Crippen LogP contribution in [0, 0.1) is 0 Å². The number of carbonyl (C=O) groups is 1. The van der Waals surface area contributed by atoms with Gasteiger partial charge < -0.3 is 14.6 Å². The molecule has 7 heteroatoms. The molecule has 0 spiro atoms. The third-order valence-electron chi connectivity index (χ3n) is 2.02. The summed E-state index contributed by atoms with van der Waals surface area (Å²) in [5.74, 6) is 0.948. The third-order valence-corrected chi connectivity index (χ3v) is 2.26. The zero-order valence-corrected chi connectivity index (χ0v) is 9.90. The Hall–Kier alpha value is -1.14. The molecule has 0 bridgehead atoms. The summed E-state index contributed by atoms with van der Waals surface area (Å²) in [4.78, 5) is 11.4. The summed E-state index contributed by atoms with van der Waals surface area (Å²) in [5.41, 5.74) is 0. The Morgan fingerprint density at radius 1 is 1.69 bits per heavy atom. The highest BCUT2D eigenvalue weighted by molar-refractivity contribution is 6.16. The van der Waals surface area contributed by atoms with Crippen molar-refractivity contribution in [2.75, 3.05) is 20.3 Å². The van der Waals surface area contributed by atoms with Gasteiger partial charge in [-0.15, -0.1) is 21.8 Å². The molecular formula is C9H15ClN4O2. The lowest BCUT2D eigenvalue weighted by Crippen LogP contribution is -2.27. The normalized spacial score (nSPS) is 10.4. The summed E-state index contributed by atoms with van der Waals surface area (Å²) in [6, 6.07) is 0. The van der Waals surface area contributed by atoms with E-state index in [0.29, 0.717) is 37.8 Å². The van der Waals surface area contributed by atoms with E-state index < -0.39 is 0 Å². The van der Waals surface area contributed by atoms with Gasteiger partial charge in [-0.1, -0.05) is 0 Å². The van der Waals surface area contributed by atoms with Crippen molar-refractivity contribution in [3.8, 4) is 0 Å². The Morgan fingerprint density at radius 2 is 2.50 bits per heavy atom. The highest BCUT2D eigenvalue weighted by Crippen LogP contribution is 2.00. The molecule has 0 fully saturated rings. The Balaban J connectivity index is 2.26. The molecule has 0 saturated carbocycles. The molecule has 6 nitrogen and oxygen atoms in total. The van der Waals surface area contributed by atoms with Crippen LogP contribution in [0.15, 0.2) is 6.33 Å². The lowest BCUT2D eigenvalue weighted by Gasteiger charge is -2.06. The number of amides is 1. The Morgan fingerprint density at radius 3 is 3.19 bits per heavy atom. The first-order chi connectivity index (χ1) is 7.77. The minimum Gasteiger partial charge on any atom is -0.383 e. The first-order valence-electron chi connectivity index (χ1n) is 4.96. The molecule has 1 aromatic rings. The molecule has 0 saturated heterocycles. The molecule has 1 N–H and O–H groups in total. The average molecular weight is 247 g/mol. The van der Waals surface area contributed by atoms with Crippen LogP contribution in [0.3, 0.4) is 0 Å². The summed E-state index contributed by atoms with van der Waals surface area (Å²) in [6.07, 6.45) is 1.95. The zero-order valence-electron chi connectivity index (χ0n) is 9.15. The smallest absolute Gasteiger partial charge is 0.221 e. The van der Waals surface area contributed by atoms with Crippen molar-refractivity contribution in [3.05, 3.63) is 12.2 Å². The molecule has 0 aliphatic heterocycles. The Bertz CT molecular complexity index is 329. The predicted molar refractivity (Wildman–Crippen MR) is 59.1 cm³/mol. The standard InChI is InChI=1S/C9H15ClN4O2/c1-16-5-3-11-9(15)2-4-14-7-12-13-8(14)6-10/h7H,2-6H2,1H3,(H,11,15). The van der Waals surface area contributed by atoms with Gasteiger partial charge in [-0.2, -0.15) is 0 Å². The van der Waals surface area contributed by atoms with E-state index in [2.05, 4.69) is 15.5 Å². The van der Waals surface area contributed by atoms with E-state index in [1.807, 2.05) is 0 Å². The number of hydrogen-bond donors (Lipinski definition) is 1. The highest BCUT2D eigenvalue weighted by atomic mass is 35.5. The van der Waals surface area contributed by atoms with Crippen molar-refractivity contribution in [1.82, 2.24) is 20.1 Å². The number of methoxy groups -OCH3 is 1. The second-order valence-electron chi connectivity index (χ2n) is 3.17. The predicted octanol–water partition coefficient (Wildman–Crippen LogP) is 0.170. The van der Waals surface area contributed by atoms with E-state index in [-0.39, 0.29) is 5.91 Å². The van der Waals surface area contributed by atoms with Gasteiger partial charge in [0.05, 0.1) is 12.5 Å². The quantitative estimate of drug-likeness (QED) is 0.550. The van der Waals surface area contributed by atoms with Crippen LogP contribution in [-0.4, -0.2) is 40.9 Å². The Labute approximate surface area is 98.9 Å².